The van der Waals surface area contributed by atoms with Gasteiger partial charge in [0, 0.05) is 10.7 Å². The normalized spacial score (nSPS) is 22.2. The molecule has 0 amide bonds. The summed E-state index contributed by atoms with van der Waals surface area (Å²) < 4.78 is 23.2. The summed E-state index contributed by atoms with van der Waals surface area (Å²) in [6.45, 7) is 1.99. The summed E-state index contributed by atoms with van der Waals surface area (Å²) in [5.41, 5.74) is 0.871. The van der Waals surface area contributed by atoms with Crippen molar-refractivity contribution in [1.29, 1.82) is 0 Å². The monoisotopic (exact) mass is 287 g/mol. The fourth-order valence-corrected chi connectivity index (χ4v) is 3.72. The standard InChI is InChI=1S/C13H18ClNO2S/c14-18(16,17)13-7-2-1-6-12(13)11-5-3-4-9-15-10-8-11/h1-2,6-7,11,15H,3-5,8-10H2. The largest absolute Gasteiger partial charge is 0.317 e. The van der Waals surface area contributed by atoms with E-state index in [2.05, 4.69) is 5.32 Å². The van der Waals surface area contributed by atoms with Crippen LogP contribution in [0.4, 0.5) is 0 Å². The summed E-state index contributed by atoms with van der Waals surface area (Å²) >= 11 is 0. The molecule has 3 nitrogen and oxygen atoms in total. The van der Waals surface area contributed by atoms with Crippen LogP contribution in [0.15, 0.2) is 29.2 Å². The van der Waals surface area contributed by atoms with E-state index in [9.17, 15) is 8.42 Å². The van der Waals surface area contributed by atoms with E-state index in [0.717, 1.165) is 44.3 Å². The minimum absolute atomic E-state index is 0.275. The minimum Gasteiger partial charge on any atom is -0.317 e. The van der Waals surface area contributed by atoms with E-state index in [4.69, 9.17) is 10.7 Å². The molecule has 0 radical (unpaired) electrons. The van der Waals surface area contributed by atoms with Crippen molar-refractivity contribution in [1.82, 2.24) is 5.32 Å². The van der Waals surface area contributed by atoms with Gasteiger partial charge < -0.3 is 5.32 Å². The van der Waals surface area contributed by atoms with Crippen LogP contribution in [0, 0.1) is 0 Å². The Balaban J connectivity index is 2.31. The van der Waals surface area contributed by atoms with Gasteiger partial charge in [0.25, 0.3) is 9.05 Å². The molecule has 1 aromatic carbocycles. The first-order chi connectivity index (χ1) is 8.59. The van der Waals surface area contributed by atoms with E-state index in [1.165, 1.54) is 0 Å². The van der Waals surface area contributed by atoms with Crippen molar-refractivity contribution in [2.45, 2.75) is 36.5 Å². The van der Waals surface area contributed by atoms with Gasteiger partial charge in [0.05, 0.1) is 4.90 Å². The summed E-state index contributed by atoms with van der Waals surface area (Å²) in [5, 5.41) is 3.36. The molecule has 1 N–H and O–H groups in total. The van der Waals surface area contributed by atoms with Crippen molar-refractivity contribution in [3.05, 3.63) is 29.8 Å². The molecule has 1 unspecified atom stereocenters. The molecule has 1 saturated heterocycles. The maximum absolute atomic E-state index is 11.6. The maximum Gasteiger partial charge on any atom is 0.261 e. The summed E-state index contributed by atoms with van der Waals surface area (Å²) in [6, 6.07) is 7.10. The highest BCUT2D eigenvalue weighted by molar-refractivity contribution is 8.13. The predicted octanol–water partition coefficient (Wildman–Crippen LogP) is 2.86. The molecular weight excluding hydrogens is 270 g/mol. The highest BCUT2D eigenvalue weighted by Crippen LogP contribution is 2.32. The molecule has 0 spiro atoms. The van der Waals surface area contributed by atoms with Gasteiger partial charge in [-0.15, -0.1) is 0 Å². The van der Waals surface area contributed by atoms with Crippen LogP contribution in [0.25, 0.3) is 0 Å². The van der Waals surface area contributed by atoms with E-state index >= 15 is 0 Å². The number of rotatable bonds is 2. The fourth-order valence-electron chi connectivity index (χ4n) is 2.54. The van der Waals surface area contributed by atoms with Crippen LogP contribution < -0.4 is 5.32 Å². The number of hydrogen-bond acceptors (Lipinski definition) is 3. The zero-order valence-electron chi connectivity index (χ0n) is 10.2. The molecule has 1 atom stereocenters. The molecule has 1 heterocycles. The fraction of sp³-hybridized carbons (Fsp3) is 0.538. The lowest BCUT2D eigenvalue weighted by atomic mass is 9.89. The summed E-state index contributed by atoms with van der Waals surface area (Å²) in [6.07, 6.45) is 4.26. The molecule has 2 rings (SSSR count). The Kier molecular flexibility index (Phi) is 4.65. The first-order valence-electron chi connectivity index (χ1n) is 6.33. The smallest absolute Gasteiger partial charge is 0.261 e. The van der Waals surface area contributed by atoms with Crippen LogP contribution in [-0.2, 0) is 9.05 Å². The lowest BCUT2D eigenvalue weighted by molar-refractivity contribution is 0.463. The third-order valence-corrected chi connectivity index (χ3v) is 4.84. The summed E-state index contributed by atoms with van der Waals surface area (Å²) in [7, 11) is 1.86. The Morgan fingerprint density at radius 3 is 2.67 bits per heavy atom. The van der Waals surface area contributed by atoms with Crippen molar-refractivity contribution < 1.29 is 8.42 Å². The third kappa shape index (κ3) is 3.46. The van der Waals surface area contributed by atoms with Crippen molar-refractivity contribution in [3.63, 3.8) is 0 Å². The van der Waals surface area contributed by atoms with Crippen molar-refractivity contribution in [2.24, 2.45) is 0 Å². The van der Waals surface area contributed by atoms with Crippen LogP contribution in [0.1, 0.15) is 37.2 Å². The Hall–Kier alpha value is -0.580. The second-order valence-electron chi connectivity index (χ2n) is 4.71. The average molecular weight is 288 g/mol. The molecule has 5 heteroatoms. The number of hydrogen-bond donors (Lipinski definition) is 1. The molecule has 1 aromatic rings. The highest BCUT2D eigenvalue weighted by Gasteiger charge is 2.21. The van der Waals surface area contributed by atoms with Crippen LogP contribution in [0.2, 0.25) is 0 Å². The van der Waals surface area contributed by atoms with Gasteiger partial charge in [-0.25, -0.2) is 8.42 Å². The Morgan fingerprint density at radius 1 is 1.11 bits per heavy atom. The molecule has 1 fully saturated rings. The SMILES string of the molecule is O=S(=O)(Cl)c1ccccc1C1CCCCNCC1. The Bertz CT molecular complexity index is 493. The molecule has 0 aromatic heterocycles. The number of benzene rings is 1. The van der Waals surface area contributed by atoms with Gasteiger partial charge >= 0.3 is 0 Å². The second-order valence-corrected chi connectivity index (χ2v) is 7.24. The molecular formula is C13H18ClNO2S. The highest BCUT2D eigenvalue weighted by atomic mass is 35.7. The Labute approximate surface area is 113 Å². The molecule has 1 aliphatic heterocycles. The zero-order valence-corrected chi connectivity index (χ0v) is 11.8. The topological polar surface area (TPSA) is 46.2 Å². The molecule has 0 saturated carbocycles. The van der Waals surface area contributed by atoms with E-state index in [1.807, 2.05) is 12.1 Å². The quantitative estimate of drug-likeness (QED) is 0.851. The lowest BCUT2D eigenvalue weighted by Gasteiger charge is -2.22. The van der Waals surface area contributed by atoms with E-state index in [1.54, 1.807) is 12.1 Å². The molecule has 0 bridgehead atoms. The van der Waals surface area contributed by atoms with Gasteiger partial charge in [-0.1, -0.05) is 24.6 Å². The Morgan fingerprint density at radius 2 is 1.89 bits per heavy atom. The van der Waals surface area contributed by atoms with Crippen LogP contribution in [0.3, 0.4) is 0 Å². The van der Waals surface area contributed by atoms with Gasteiger partial charge in [0.2, 0.25) is 0 Å². The average Bonchev–Trinajstić information content (AvgIpc) is 2.27. The van der Waals surface area contributed by atoms with E-state index < -0.39 is 9.05 Å². The second kappa shape index (κ2) is 6.04. The molecule has 100 valence electrons. The first kappa shape index (κ1) is 13.8. The molecule has 18 heavy (non-hydrogen) atoms. The molecule has 1 aliphatic rings. The first-order valence-corrected chi connectivity index (χ1v) is 8.64. The molecule has 0 aliphatic carbocycles. The van der Waals surface area contributed by atoms with Crippen LogP contribution >= 0.6 is 10.7 Å². The third-order valence-electron chi connectivity index (χ3n) is 3.45. The maximum atomic E-state index is 11.6. The predicted molar refractivity (Wildman–Crippen MR) is 73.6 cm³/mol. The van der Waals surface area contributed by atoms with Crippen LogP contribution in [-0.4, -0.2) is 21.5 Å². The van der Waals surface area contributed by atoms with Crippen molar-refractivity contribution in [3.8, 4) is 0 Å². The summed E-state index contributed by atoms with van der Waals surface area (Å²) in [5.74, 6) is 0.280. The van der Waals surface area contributed by atoms with Gasteiger partial charge in [0.1, 0.15) is 0 Å². The lowest BCUT2D eigenvalue weighted by Crippen LogP contribution is -2.22. The van der Waals surface area contributed by atoms with Crippen molar-refractivity contribution >= 4 is 19.7 Å². The van der Waals surface area contributed by atoms with Gasteiger partial charge in [0.15, 0.2) is 0 Å². The van der Waals surface area contributed by atoms with Gasteiger partial charge in [-0.2, -0.15) is 0 Å². The van der Waals surface area contributed by atoms with Gasteiger partial charge in [-0.3, -0.25) is 0 Å². The summed E-state index contributed by atoms with van der Waals surface area (Å²) in [4.78, 5) is 0.275. The number of nitrogens with one attached hydrogen (secondary N) is 1. The van der Waals surface area contributed by atoms with E-state index in [0.29, 0.717) is 0 Å². The van der Waals surface area contributed by atoms with Gasteiger partial charge in [-0.05, 0) is 49.9 Å². The van der Waals surface area contributed by atoms with E-state index in [-0.39, 0.29) is 10.8 Å². The van der Waals surface area contributed by atoms with Crippen LogP contribution in [0.5, 0.6) is 0 Å². The minimum atomic E-state index is -3.65. The zero-order chi connectivity index (χ0) is 13.0. The van der Waals surface area contributed by atoms with Crippen molar-refractivity contribution in [2.75, 3.05) is 13.1 Å². The number of halogens is 1.